The summed E-state index contributed by atoms with van der Waals surface area (Å²) in [5.41, 5.74) is 3.01. The molecule has 3 rings (SSSR count). The zero-order chi connectivity index (χ0) is 19.4. The van der Waals surface area contributed by atoms with Crippen LogP contribution in [0.3, 0.4) is 0 Å². The van der Waals surface area contributed by atoms with Crippen LogP contribution >= 0.6 is 0 Å². The van der Waals surface area contributed by atoms with Crippen LogP contribution in [0.4, 0.5) is 21.7 Å². The third-order valence-electron chi connectivity index (χ3n) is 4.07. The van der Waals surface area contributed by atoms with Gasteiger partial charge in [-0.25, -0.2) is 14.4 Å². The van der Waals surface area contributed by atoms with E-state index in [9.17, 15) is 9.18 Å². The number of hydrogen-bond donors (Lipinski definition) is 1. The van der Waals surface area contributed by atoms with E-state index in [0.717, 1.165) is 11.3 Å². The van der Waals surface area contributed by atoms with Gasteiger partial charge >= 0.3 is 0 Å². The number of carbonyl (C=O) groups excluding carboxylic acids is 1. The first-order valence-electron chi connectivity index (χ1n) is 8.73. The zero-order valence-corrected chi connectivity index (χ0v) is 15.5. The van der Waals surface area contributed by atoms with Crippen LogP contribution in [-0.4, -0.2) is 22.4 Å². The second-order valence-electron chi connectivity index (χ2n) is 6.21. The average Bonchev–Trinajstić information content (AvgIpc) is 2.64. The number of hydrogen-bond acceptors (Lipinski definition) is 4. The van der Waals surface area contributed by atoms with Crippen LogP contribution in [0.15, 0.2) is 54.6 Å². The quantitative estimate of drug-likeness (QED) is 0.716. The minimum atomic E-state index is -0.412. The molecule has 3 aromatic rings. The maximum absolute atomic E-state index is 13.9. The van der Waals surface area contributed by atoms with E-state index in [1.54, 1.807) is 36.1 Å². The molecule has 1 N–H and O–H groups in total. The Morgan fingerprint density at radius 3 is 2.56 bits per heavy atom. The average molecular weight is 364 g/mol. The lowest BCUT2D eigenvalue weighted by atomic mass is 10.2. The van der Waals surface area contributed by atoms with E-state index in [2.05, 4.69) is 15.3 Å². The lowest BCUT2D eigenvalue weighted by Crippen LogP contribution is -2.31. The van der Waals surface area contributed by atoms with Gasteiger partial charge in [-0.3, -0.25) is 4.79 Å². The molecular weight excluding hydrogens is 343 g/mol. The Balaban J connectivity index is 1.92. The number of carbonyl (C=O) groups is 1. The van der Waals surface area contributed by atoms with Crippen molar-refractivity contribution < 1.29 is 9.18 Å². The smallest absolute Gasteiger partial charge is 0.277 e. The Bertz CT molecular complexity index is 974. The van der Waals surface area contributed by atoms with Crippen molar-refractivity contribution in [1.82, 2.24) is 9.97 Å². The number of anilines is 3. The fourth-order valence-corrected chi connectivity index (χ4v) is 2.79. The SMILES string of the molecule is CCN(C(=O)c1cc(C)nc(Nc2ccccc2F)n1)c1cccc(C)c1. The monoisotopic (exact) mass is 364 g/mol. The minimum Gasteiger partial charge on any atom is -0.322 e. The summed E-state index contributed by atoms with van der Waals surface area (Å²) in [6.07, 6.45) is 0. The molecule has 0 saturated carbocycles. The molecule has 5 nitrogen and oxygen atoms in total. The molecule has 0 bridgehead atoms. The first kappa shape index (κ1) is 18.5. The molecule has 0 saturated heterocycles. The maximum Gasteiger partial charge on any atom is 0.277 e. The van der Waals surface area contributed by atoms with Gasteiger partial charge in [0.2, 0.25) is 5.95 Å². The third kappa shape index (κ3) is 4.28. The van der Waals surface area contributed by atoms with Gasteiger partial charge in [-0.2, -0.15) is 0 Å². The predicted molar refractivity (Wildman–Crippen MR) is 105 cm³/mol. The highest BCUT2D eigenvalue weighted by molar-refractivity contribution is 6.05. The summed E-state index contributed by atoms with van der Waals surface area (Å²) in [6, 6.07) is 15.6. The molecule has 1 heterocycles. The van der Waals surface area contributed by atoms with Crippen LogP contribution in [0, 0.1) is 19.7 Å². The van der Waals surface area contributed by atoms with Gasteiger partial charge in [-0.15, -0.1) is 0 Å². The van der Waals surface area contributed by atoms with E-state index in [4.69, 9.17) is 0 Å². The summed E-state index contributed by atoms with van der Waals surface area (Å²) >= 11 is 0. The fraction of sp³-hybridized carbons (Fsp3) is 0.190. The van der Waals surface area contributed by atoms with E-state index < -0.39 is 5.82 Å². The summed E-state index contributed by atoms with van der Waals surface area (Å²) in [5, 5.41) is 2.85. The van der Waals surface area contributed by atoms with Gasteiger partial charge in [0.05, 0.1) is 5.69 Å². The molecule has 0 radical (unpaired) electrons. The Hall–Kier alpha value is -3.28. The topological polar surface area (TPSA) is 58.1 Å². The number of nitrogens with one attached hydrogen (secondary N) is 1. The number of nitrogens with zero attached hydrogens (tertiary/aromatic N) is 3. The molecule has 0 fully saturated rings. The fourth-order valence-electron chi connectivity index (χ4n) is 2.79. The van der Waals surface area contributed by atoms with Crippen molar-refractivity contribution in [3.8, 4) is 0 Å². The normalized spacial score (nSPS) is 10.5. The largest absolute Gasteiger partial charge is 0.322 e. The van der Waals surface area contributed by atoms with E-state index in [-0.39, 0.29) is 23.2 Å². The van der Waals surface area contributed by atoms with Gasteiger partial charge in [0.25, 0.3) is 5.91 Å². The number of halogens is 1. The first-order valence-corrected chi connectivity index (χ1v) is 8.73. The number of amides is 1. The number of para-hydroxylation sites is 1. The van der Waals surface area contributed by atoms with E-state index in [0.29, 0.717) is 12.2 Å². The molecule has 0 atom stereocenters. The molecule has 1 aromatic heterocycles. The molecule has 27 heavy (non-hydrogen) atoms. The highest BCUT2D eigenvalue weighted by atomic mass is 19.1. The zero-order valence-electron chi connectivity index (χ0n) is 15.5. The van der Waals surface area contributed by atoms with Crippen LogP contribution in [0.5, 0.6) is 0 Å². The van der Waals surface area contributed by atoms with Gasteiger partial charge < -0.3 is 10.2 Å². The summed E-state index contributed by atoms with van der Waals surface area (Å²) in [7, 11) is 0. The second kappa shape index (κ2) is 7.95. The molecule has 138 valence electrons. The highest BCUT2D eigenvalue weighted by Crippen LogP contribution is 2.20. The van der Waals surface area contributed by atoms with Crippen LogP contribution in [-0.2, 0) is 0 Å². The summed E-state index contributed by atoms with van der Waals surface area (Å²) in [6.45, 7) is 6.16. The van der Waals surface area contributed by atoms with Crippen LogP contribution in [0.2, 0.25) is 0 Å². The van der Waals surface area contributed by atoms with Gasteiger partial charge in [-0.1, -0.05) is 24.3 Å². The van der Waals surface area contributed by atoms with Crippen molar-refractivity contribution in [2.24, 2.45) is 0 Å². The van der Waals surface area contributed by atoms with Crippen molar-refractivity contribution in [3.63, 3.8) is 0 Å². The lowest BCUT2D eigenvalue weighted by Gasteiger charge is -2.21. The molecule has 1 amide bonds. The summed E-state index contributed by atoms with van der Waals surface area (Å²) < 4.78 is 13.9. The highest BCUT2D eigenvalue weighted by Gasteiger charge is 2.19. The van der Waals surface area contributed by atoms with Crippen LogP contribution in [0.1, 0.15) is 28.7 Å². The number of aromatic nitrogens is 2. The predicted octanol–water partition coefficient (Wildman–Crippen LogP) is 4.64. The molecule has 0 aliphatic carbocycles. The van der Waals surface area contributed by atoms with Crippen molar-refractivity contribution in [3.05, 3.63) is 77.4 Å². The summed E-state index contributed by atoms with van der Waals surface area (Å²) in [4.78, 5) is 23.3. The van der Waals surface area contributed by atoms with Crippen molar-refractivity contribution >= 4 is 23.2 Å². The summed E-state index contributed by atoms with van der Waals surface area (Å²) in [5.74, 6) is -0.459. The van der Waals surface area contributed by atoms with E-state index in [1.807, 2.05) is 38.1 Å². The Labute approximate surface area is 157 Å². The molecule has 2 aromatic carbocycles. The van der Waals surface area contributed by atoms with Crippen molar-refractivity contribution in [1.29, 1.82) is 0 Å². The Morgan fingerprint density at radius 2 is 1.85 bits per heavy atom. The van der Waals surface area contributed by atoms with E-state index in [1.165, 1.54) is 6.07 Å². The van der Waals surface area contributed by atoms with E-state index >= 15 is 0 Å². The molecule has 0 aliphatic rings. The number of benzene rings is 2. The molecule has 0 spiro atoms. The van der Waals surface area contributed by atoms with Gasteiger partial charge in [0.15, 0.2) is 0 Å². The van der Waals surface area contributed by atoms with Crippen molar-refractivity contribution in [2.45, 2.75) is 20.8 Å². The standard InChI is InChI=1S/C21H21FN4O/c1-4-26(16-9-7-8-14(2)12-16)20(27)19-13-15(3)23-21(25-19)24-18-11-6-5-10-17(18)22/h5-13H,4H2,1-3H3,(H,23,24,25). The molecular formula is C21H21FN4O. The van der Waals surface area contributed by atoms with Gasteiger partial charge in [0, 0.05) is 17.9 Å². The lowest BCUT2D eigenvalue weighted by molar-refractivity contribution is 0.0983. The number of rotatable bonds is 5. The molecule has 0 unspecified atom stereocenters. The second-order valence-corrected chi connectivity index (χ2v) is 6.21. The van der Waals surface area contributed by atoms with Gasteiger partial charge in [0.1, 0.15) is 11.5 Å². The number of aryl methyl sites for hydroxylation is 2. The molecule has 0 aliphatic heterocycles. The third-order valence-corrected chi connectivity index (χ3v) is 4.07. The van der Waals surface area contributed by atoms with Gasteiger partial charge in [-0.05, 0) is 56.7 Å². The Morgan fingerprint density at radius 1 is 1.07 bits per heavy atom. The first-order chi connectivity index (χ1) is 13.0. The maximum atomic E-state index is 13.9. The van der Waals surface area contributed by atoms with Crippen LogP contribution < -0.4 is 10.2 Å². The van der Waals surface area contributed by atoms with Crippen molar-refractivity contribution in [2.75, 3.05) is 16.8 Å². The Kier molecular flexibility index (Phi) is 5.45. The van der Waals surface area contributed by atoms with Crippen LogP contribution in [0.25, 0.3) is 0 Å². The minimum absolute atomic E-state index is 0.184. The molecule has 6 heteroatoms.